The molecule has 1 aromatic carbocycles. The molecule has 2 aromatic rings. The summed E-state index contributed by atoms with van der Waals surface area (Å²) in [5.74, 6) is 0.0935. The fourth-order valence-corrected chi connectivity index (χ4v) is 3.74. The maximum Gasteiger partial charge on any atom is 0.416 e. The molecule has 1 amide bonds. The lowest BCUT2D eigenvalue weighted by molar-refractivity contribution is 0.0203. The fraction of sp³-hybridized carbons (Fsp3) is 0.474. The number of hydrogen-bond donors (Lipinski definition) is 1. The van der Waals surface area contributed by atoms with Crippen molar-refractivity contribution >= 4 is 39.0 Å². The van der Waals surface area contributed by atoms with Gasteiger partial charge in [0.2, 0.25) is 0 Å². The van der Waals surface area contributed by atoms with E-state index in [9.17, 15) is 14.7 Å². The Morgan fingerprint density at radius 1 is 1.19 bits per heavy atom. The van der Waals surface area contributed by atoms with E-state index in [2.05, 4.69) is 15.9 Å². The molecule has 1 saturated heterocycles. The highest BCUT2D eigenvalue weighted by Crippen LogP contribution is 2.34. The van der Waals surface area contributed by atoms with Gasteiger partial charge >= 0.3 is 12.2 Å². The van der Waals surface area contributed by atoms with Gasteiger partial charge in [0.05, 0.1) is 5.52 Å². The Kier molecular flexibility index (Phi) is 5.01. The number of halogens is 1. The number of carbonyl (C=O) groups is 2. The third kappa shape index (κ3) is 3.87. The molecule has 2 heterocycles. The Bertz CT molecular complexity index is 845. The molecular formula is C19H23BrN2O4. The fourth-order valence-electron chi connectivity index (χ4n) is 3.39. The number of ether oxygens (including phenoxy) is 1. The van der Waals surface area contributed by atoms with Gasteiger partial charge in [-0.25, -0.2) is 14.2 Å². The zero-order chi connectivity index (χ0) is 19.1. The zero-order valence-corrected chi connectivity index (χ0v) is 16.7. The minimum Gasteiger partial charge on any atom is -0.464 e. The molecule has 0 spiro atoms. The van der Waals surface area contributed by atoms with Crippen molar-refractivity contribution in [1.29, 1.82) is 0 Å². The van der Waals surface area contributed by atoms with Crippen LogP contribution in [0.2, 0.25) is 0 Å². The first-order valence-electron chi connectivity index (χ1n) is 8.68. The van der Waals surface area contributed by atoms with Crippen molar-refractivity contribution in [2.45, 2.75) is 45.1 Å². The van der Waals surface area contributed by atoms with E-state index in [1.165, 1.54) is 4.57 Å². The Balaban J connectivity index is 1.80. The van der Waals surface area contributed by atoms with E-state index in [1.807, 2.05) is 45.0 Å². The lowest BCUT2D eigenvalue weighted by Gasteiger charge is -2.33. The van der Waals surface area contributed by atoms with Crippen molar-refractivity contribution in [3.63, 3.8) is 0 Å². The van der Waals surface area contributed by atoms with E-state index in [4.69, 9.17) is 4.74 Å². The van der Waals surface area contributed by atoms with Crippen molar-refractivity contribution in [3.8, 4) is 0 Å². The van der Waals surface area contributed by atoms with Crippen LogP contribution in [0.3, 0.4) is 0 Å². The van der Waals surface area contributed by atoms with Crippen LogP contribution in [0.25, 0.3) is 10.9 Å². The molecular weight excluding hydrogens is 400 g/mol. The number of benzene rings is 1. The number of carboxylic acid groups (broad SMARTS) is 1. The second kappa shape index (κ2) is 6.95. The van der Waals surface area contributed by atoms with Gasteiger partial charge in [0.25, 0.3) is 0 Å². The van der Waals surface area contributed by atoms with Crippen LogP contribution in [0.1, 0.15) is 45.2 Å². The van der Waals surface area contributed by atoms with Crippen molar-refractivity contribution in [3.05, 3.63) is 34.4 Å². The van der Waals surface area contributed by atoms with E-state index in [-0.39, 0.29) is 12.0 Å². The molecule has 3 rings (SSSR count). The van der Waals surface area contributed by atoms with Crippen molar-refractivity contribution in [2.75, 3.05) is 13.1 Å². The molecule has 0 unspecified atom stereocenters. The monoisotopic (exact) mass is 422 g/mol. The second-order valence-corrected chi connectivity index (χ2v) is 8.55. The first-order chi connectivity index (χ1) is 12.2. The highest BCUT2D eigenvalue weighted by molar-refractivity contribution is 9.10. The number of fused-ring (bicyclic) bond motifs is 1. The van der Waals surface area contributed by atoms with E-state index in [0.717, 1.165) is 15.6 Å². The van der Waals surface area contributed by atoms with Gasteiger partial charge in [-0.3, -0.25) is 0 Å². The summed E-state index contributed by atoms with van der Waals surface area (Å²) in [4.78, 5) is 25.8. The number of hydrogen-bond acceptors (Lipinski definition) is 3. The molecule has 0 bridgehead atoms. The van der Waals surface area contributed by atoms with Gasteiger partial charge in [-0.2, -0.15) is 0 Å². The van der Waals surface area contributed by atoms with Gasteiger partial charge < -0.3 is 14.7 Å². The maximum atomic E-state index is 12.2. The van der Waals surface area contributed by atoms with Crippen LogP contribution in [-0.4, -0.2) is 45.5 Å². The smallest absolute Gasteiger partial charge is 0.416 e. The molecule has 1 fully saturated rings. The van der Waals surface area contributed by atoms with Crippen molar-refractivity contribution in [1.82, 2.24) is 9.47 Å². The summed E-state index contributed by atoms with van der Waals surface area (Å²) in [5.41, 5.74) is 0.947. The summed E-state index contributed by atoms with van der Waals surface area (Å²) < 4.78 is 7.64. The van der Waals surface area contributed by atoms with Gasteiger partial charge in [0, 0.05) is 34.6 Å². The summed E-state index contributed by atoms with van der Waals surface area (Å²) in [7, 11) is 0. The van der Waals surface area contributed by atoms with Crippen LogP contribution in [0.5, 0.6) is 0 Å². The predicted molar refractivity (Wildman–Crippen MR) is 103 cm³/mol. The molecule has 26 heavy (non-hydrogen) atoms. The van der Waals surface area contributed by atoms with Gasteiger partial charge in [-0.05, 0) is 51.8 Å². The summed E-state index contributed by atoms with van der Waals surface area (Å²) in [5, 5.41) is 10.6. The number of rotatable bonds is 1. The standard InChI is InChI=1S/C19H23BrN2O4/c1-19(2,3)26-18(25)21-8-6-12(7-9-21)15-10-13-4-5-14(20)11-16(13)22(15)17(23)24/h4-5,10-12H,6-9H2,1-3H3,(H,23,24). The molecule has 1 aromatic heterocycles. The summed E-state index contributed by atoms with van der Waals surface area (Å²) >= 11 is 3.40. The number of amides is 1. The molecule has 0 atom stereocenters. The summed E-state index contributed by atoms with van der Waals surface area (Å²) in [6.45, 7) is 6.66. The second-order valence-electron chi connectivity index (χ2n) is 7.63. The highest BCUT2D eigenvalue weighted by atomic mass is 79.9. The van der Waals surface area contributed by atoms with Crippen LogP contribution in [0.15, 0.2) is 28.7 Å². The van der Waals surface area contributed by atoms with Crippen LogP contribution < -0.4 is 0 Å². The van der Waals surface area contributed by atoms with Gasteiger partial charge in [0.15, 0.2) is 0 Å². The minimum atomic E-state index is -0.984. The lowest BCUT2D eigenvalue weighted by Crippen LogP contribution is -2.41. The van der Waals surface area contributed by atoms with Gasteiger partial charge in [-0.15, -0.1) is 0 Å². The normalized spacial score (nSPS) is 16.1. The largest absolute Gasteiger partial charge is 0.464 e. The first-order valence-corrected chi connectivity index (χ1v) is 9.47. The lowest BCUT2D eigenvalue weighted by atomic mass is 9.93. The molecule has 1 aliphatic heterocycles. The number of aromatic nitrogens is 1. The van der Waals surface area contributed by atoms with Crippen molar-refractivity contribution in [2.24, 2.45) is 0 Å². The zero-order valence-electron chi connectivity index (χ0n) is 15.2. The Morgan fingerprint density at radius 2 is 1.85 bits per heavy atom. The van der Waals surface area contributed by atoms with Crippen LogP contribution in [0, 0.1) is 0 Å². The molecule has 1 N–H and O–H groups in total. The van der Waals surface area contributed by atoms with E-state index >= 15 is 0 Å². The average molecular weight is 423 g/mol. The van der Waals surface area contributed by atoms with Crippen LogP contribution in [0.4, 0.5) is 9.59 Å². The van der Waals surface area contributed by atoms with Crippen molar-refractivity contribution < 1.29 is 19.4 Å². The quantitative estimate of drug-likeness (QED) is 0.697. The molecule has 140 valence electrons. The van der Waals surface area contributed by atoms with Gasteiger partial charge in [-0.1, -0.05) is 22.0 Å². The average Bonchev–Trinajstić information content (AvgIpc) is 2.92. The molecule has 6 nitrogen and oxygen atoms in total. The number of carbonyl (C=O) groups excluding carboxylic acids is 1. The number of nitrogens with zero attached hydrogens (tertiary/aromatic N) is 2. The Labute approximate surface area is 160 Å². The topological polar surface area (TPSA) is 71.8 Å². The SMILES string of the molecule is CC(C)(C)OC(=O)N1CCC(c2cc3ccc(Br)cc3n2C(=O)O)CC1. The van der Waals surface area contributed by atoms with Crippen LogP contribution >= 0.6 is 15.9 Å². The molecule has 0 aliphatic carbocycles. The third-order valence-electron chi connectivity index (χ3n) is 4.55. The predicted octanol–water partition coefficient (Wildman–Crippen LogP) is 5.04. The van der Waals surface area contributed by atoms with Gasteiger partial charge in [0.1, 0.15) is 5.60 Å². The van der Waals surface area contributed by atoms with Crippen LogP contribution in [-0.2, 0) is 4.74 Å². The third-order valence-corrected chi connectivity index (χ3v) is 5.04. The highest BCUT2D eigenvalue weighted by Gasteiger charge is 2.30. The Morgan fingerprint density at radius 3 is 2.42 bits per heavy atom. The minimum absolute atomic E-state index is 0.0935. The molecule has 1 aliphatic rings. The van der Waals surface area contributed by atoms with E-state index in [0.29, 0.717) is 31.4 Å². The van der Waals surface area contributed by atoms with E-state index in [1.54, 1.807) is 4.90 Å². The number of likely N-dealkylation sites (tertiary alicyclic amines) is 1. The molecule has 0 radical (unpaired) electrons. The summed E-state index contributed by atoms with van der Waals surface area (Å²) in [6.07, 6.45) is 0.134. The number of piperidine rings is 1. The maximum absolute atomic E-state index is 12.2. The summed E-state index contributed by atoms with van der Waals surface area (Å²) in [6, 6.07) is 7.59. The molecule has 0 saturated carbocycles. The van der Waals surface area contributed by atoms with E-state index < -0.39 is 11.7 Å². The first kappa shape index (κ1) is 18.8. The Hall–Kier alpha value is -2.02. The molecule has 7 heteroatoms.